The minimum absolute atomic E-state index is 0.0169. The van der Waals surface area contributed by atoms with Crippen LogP contribution in [0.3, 0.4) is 0 Å². The van der Waals surface area contributed by atoms with Gasteiger partial charge in [-0.05, 0) is 123 Å². The maximum Gasteiger partial charge on any atom is 0.319 e. The first-order chi connectivity index (χ1) is 36.7. The average molecular weight is 1050 g/mol. The van der Waals surface area contributed by atoms with Crippen LogP contribution in [0.25, 0.3) is 43.4 Å². The molecule has 1 aliphatic carbocycles. The first-order valence-electron chi connectivity index (χ1n) is 27.5. The van der Waals surface area contributed by atoms with Gasteiger partial charge in [0.15, 0.2) is 0 Å². The molecule has 17 heteroatoms. The highest BCUT2D eigenvalue weighted by molar-refractivity contribution is 7.13. The molecule has 76 heavy (non-hydrogen) atoms. The van der Waals surface area contributed by atoms with Gasteiger partial charge >= 0.3 is 6.01 Å². The van der Waals surface area contributed by atoms with E-state index in [1.807, 2.05) is 76.7 Å². The van der Waals surface area contributed by atoms with Crippen molar-refractivity contribution in [1.82, 2.24) is 45.7 Å². The van der Waals surface area contributed by atoms with Crippen molar-refractivity contribution in [2.45, 2.75) is 123 Å². The van der Waals surface area contributed by atoms with Gasteiger partial charge in [0.2, 0.25) is 17.7 Å². The van der Waals surface area contributed by atoms with Crippen molar-refractivity contribution < 1.29 is 29.0 Å². The normalized spacial score (nSPS) is 21.4. The Morgan fingerprint density at radius 2 is 1.71 bits per heavy atom. The SMILES string of the molecule is Cc1ncsc1-c1ccc([C@H](C)NC(=O)[C@@H]2CCCN2C(=O)[C@@H](NC(=O)COCCC2CCN(CCOc3nc(N4CC5CCC(C4)N5)c4cnc5c(c4n3)C(C)c3cccc4cc(O)cc-5c34)CC2)C(C)(C)C)cc1. The summed E-state index contributed by atoms with van der Waals surface area (Å²) in [6.07, 6.45) is 8.38. The second-order valence-corrected chi connectivity index (χ2v) is 23.8. The molecule has 0 spiro atoms. The molecular weight excluding hydrogens is 977 g/mol. The number of carbonyl (C=O) groups is 3. The molecule has 0 radical (unpaired) electrons. The van der Waals surface area contributed by atoms with Crippen molar-refractivity contribution in [2.24, 2.45) is 11.3 Å². The Kier molecular flexibility index (Phi) is 14.7. The predicted octanol–water partition coefficient (Wildman–Crippen LogP) is 8.29. The van der Waals surface area contributed by atoms with Gasteiger partial charge in [-0.3, -0.25) is 24.3 Å². The number of piperazine rings is 1. The number of amides is 3. The van der Waals surface area contributed by atoms with Crippen LogP contribution in [0.15, 0.2) is 66.3 Å². The highest BCUT2D eigenvalue weighted by atomic mass is 32.1. The highest BCUT2D eigenvalue weighted by Crippen LogP contribution is 2.49. The molecule has 6 atom stereocenters. The number of phenols is 1. The first kappa shape index (κ1) is 51.8. The predicted molar refractivity (Wildman–Crippen MR) is 297 cm³/mol. The molecule has 2 bridgehead atoms. The number of phenolic OH excluding ortho intramolecular Hbond substituents is 1. The minimum atomic E-state index is -0.820. The van der Waals surface area contributed by atoms with Crippen molar-refractivity contribution in [2.75, 3.05) is 64.0 Å². The second-order valence-electron chi connectivity index (χ2n) is 23.0. The van der Waals surface area contributed by atoms with Crippen LogP contribution in [-0.2, 0) is 19.1 Å². The van der Waals surface area contributed by atoms with Crippen LogP contribution in [0.4, 0.5) is 5.82 Å². The molecule has 3 unspecified atom stereocenters. The van der Waals surface area contributed by atoms with Gasteiger partial charge in [-0.15, -0.1) is 11.3 Å². The van der Waals surface area contributed by atoms with E-state index in [0.29, 0.717) is 56.6 Å². The number of nitrogens with zero attached hydrogens (tertiary/aromatic N) is 7. The highest BCUT2D eigenvalue weighted by Gasteiger charge is 2.42. The minimum Gasteiger partial charge on any atom is -0.508 e. The van der Waals surface area contributed by atoms with Gasteiger partial charge in [0.25, 0.3) is 0 Å². The van der Waals surface area contributed by atoms with E-state index in [0.717, 1.165) is 131 Å². The lowest BCUT2D eigenvalue weighted by atomic mass is 9.79. The summed E-state index contributed by atoms with van der Waals surface area (Å²) < 4.78 is 12.4. The number of aryl methyl sites for hydroxylation is 1. The van der Waals surface area contributed by atoms with E-state index < -0.39 is 17.5 Å². The second kappa shape index (κ2) is 21.6. The number of carbonyl (C=O) groups excluding carboxylic acids is 3. The Morgan fingerprint density at radius 1 is 0.934 bits per heavy atom. The number of ether oxygens (including phenoxy) is 2. The lowest BCUT2D eigenvalue weighted by molar-refractivity contribution is -0.144. The van der Waals surface area contributed by atoms with Crippen LogP contribution in [-0.4, -0.2) is 136 Å². The molecule has 6 aromatic rings. The quantitative estimate of drug-likeness (QED) is 0.0679. The van der Waals surface area contributed by atoms with Crippen molar-refractivity contribution in [3.8, 4) is 33.5 Å². The van der Waals surface area contributed by atoms with Crippen molar-refractivity contribution in [3.63, 3.8) is 0 Å². The average Bonchev–Trinajstić information content (AvgIpc) is 4.21. The summed E-state index contributed by atoms with van der Waals surface area (Å²) in [7, 11) is 0. The van der Waals surface area contributed by atoms with E-state index in [1.165, 1.54) is 5.56 Å². The van der Waals surface area contributed by atoms with Gasteiger partial charge in [0.1, 0.15) is 36.9 Å². The van der Waals surface area contributed by atoms with Crippen molar-refractivity contribution >= 4 is 56.6 Å². The zero-order chi connectivity index (χ0) is 52.8. The molecular formula is C59H72N10O6S. The van der Waals surface area contributed by atoms with Crippen LogP contribution in [0.2, 0.25) is 0 Å². The Hall–Kier alpha value is -6.27. The zero-order valence-electron chi connectivity index (χ0n) is 44.7. The summed E-state index contributed by atoms with van der Waals surface area (Å²) in [5.41, 5.74) is 9.15. The molecule has 3 aromatic heterocycles. The number of nitrogens with one attached hydrogen (secondary N) is 3. The smallest absolute Gasteiger partial charge is 0.319 e. The summed E-state index contributed by atoms with van der Waals surface area (Å²) in [5, 5.41) is 23.7. The summed E-state index contributed by atoms with van der Waals surface area (Å²) in [4.78, 5) is 68.7. The van der Waals surface area contributed by atoms with Crippen LogP contribution in [0.5, 0.6) is 11.8 Å². The molecule has 3 aromatic carbocycles. The third kappa shape index (κ3) is 10.6. The third-order valence-electron chi connectivity index (χ3n) is 16.7. The number of benzene rings is 3. The number of fused-ring (bicyclic) bond motifs is 6. The molecule has 4 fully saturated rings. The zero-order valence-corrected chi connectivity index (χ0v) is 45.5. The van der Waals surface area contributed by atoms with Crippen molar-refractivity contribution in [1.29, 1.82) is 0 Å². The monoisotopic (exact) mass is 1050 g/mol. The number of hydrogen-bond acceptors (Lipinski definition) is 14. The number of piperidine rings is 1. The van der Waals surface area contributed by atoms with Gasteiger partial charge < -0.3 is 40.3 Å². The molecule has 3 amide bonds. The lowest BCUT2D eigenvalue weighted by Gasteiger charge is -2.35. The van der Waals surface area contributed by atoms with E-state index in [9.17, 15) is 19.5 Å². The van der Waals surface area contributed by atoms with Gasteiger partial charge in [-0.25, -0.2) is 4.98 Å². The van der Waals surface area contributed by atoms with Crippen molar-refractivity contribution in [3.05, 3.63) is 88.7 Å². The van der Waals surface area contributed by atoms with Gasteiger partial charge in [-0.1, -0.05) is 70.2 Å². The first-order valence-corrected chi connectivity index (χ1v) is 28.4. The van der Waals surface area contributed by atoms with Crippen LogP contribution in [0, 0.1) is 18.3 Å². The molecule has 5 aliphatic rings. The number of hydrogen-bond donors (Lipinski definition) is 4. The molecule has 7 heterocycles. The van der Waals surface area contributed by atoms with E-state index in [1.54, 1.807) is 16.2 Å². The summed E-state index contributed by atoms with van der Waals surface area (Å²) in [6.45, 7) is 17.5. The van der Waals surface area contributed by atoms with Crippen LogP contribution in [0.1, 0.15) is 114 Å². The molecule has 16 nitrogen and oxygen atoms in total. The van der Waals surface area contributed by atoms with E-state index in [-0.39, 0.29) is 42.0 Å². The van der Waals surface area contributed by atoms with Crippen LogP contribution < -0.4 is 25.6 Å². The summed E-state index contributed by atoms with van der Waals surface area (Å²) in [5.74, 6) is 0.791. The van der Waals surface area contributed by atoms with E-state index in [4.69, 9.17) is 24.4 Å². The molecule has 11 rings (SSSR count). The largest absolute Gasteiger partial charge is 0.508 e. The Labute approximate surface area is 449 Å². The summed E-state index contributed by atoms with van der Waals surface area (Å²) >= 11 is 1.61. The topological polar surface area (TPSA) is 187 Å². The van der Waals surface area contributed by atoms with Gasteiger partial charge in [0, 0.05) is 68.1 Å². The third-order valence-corrected chi connectivity index (χ3v) is 17.7. The maximum absolute atomic E-state index is 14.2. The van der Waals surface area contributed by atoms with Gasteiger partial charge in [0.05, 0.1) is 38.7 Å². The van der Waals surface area contributed by atoms with E-state index in [2.05, 4.69) is 61.9 Å². The molecule has 400 valence electrons. The number of pyridine rings is 1. The standard InChI is InChI=1S/C59H72N10O6S/c1-34-44-10-7-9-40-27-43(70)28-45(50(40)44)51-49(34)52-46(29-60-51)55(68-30-41-16-17-42(31-68)63-41)66-58(65-52)75-26-24-67-22-18-37(19-23-67)20-25-74-32-48(71)64-54(59(4,5)6)57(73)69-21-8-11-47(69)56(72)62-35(2)38-12-14-39(15-13-38)53-36(3)61-33-76-53/h7,9-10,12-15,27-29,33-35,37,41-42,47,54,63,70H,8,11,16-26,30-32H2,1-6H3,(H,62,72)(H,64,71)/t34?,35-,41?,42?,47-,54+/m0/s1. The maximum atomic E-state index is 14.2. The fraction of sp³-hybridized carbons (Fsp3) is 0.508. The van der Waals surface area contributed by atoms with Gasteiger partial charge in [-0.2, -0.15) is 9.97 Å². The Morgan fingerprint density at radius 3 is 2.45 bits per heavy atom. The van der Waals surface area contributed by atoms with E-state index >= 15 is 0 Å². The fourth-order valence-electron chi connectivity index (χ4n) is 12.5. The summed E-state index contributed by atoms with van der Waals surface area (Å²) in [6, 6.07) is 17.6. The molecule has 4 N–H and O–H groups in total. The number of anilines is 1. The Balaban J connectivity index is 0.657. The molecule has 4 aliphatic heterocycles. The Bertz CT molecular complexity index is 3120. The number of aromatic hydroxyl groups is 1. The number of thiazole rings is 1. The molecule has 0 saturated carbocycles. The number of likely N-dealkylation sites (tertiary alicyclic amines) is 2. The van der Waals surface area contributed by atoms with Crippen LogP contribution >= 0.6 is 11.3 Å². The number of aromatic nitrogens is 4. The lowest BCUT2D eigenvalue weighted by Crippen LogP contribution is -2.58. The fourth-order valence-corrected chi connectivity index (χ4v) is 13.3. The molecule has 4 saturated heterocycles. The number of rotatable bonds is 16.